The zero-order valence-corrected chi connectivity index (χ0v) is 12.4. The molecule has 0 aromatic carbocycles. The Morgan fingerprint density at radius 3 is 2.90 bits per heavy atom. The van der Waals surface area contributed by atoms with Crippen molar-refractivity contribution in [2.45, 2.75) is 6.92 Å². The largest absolute Gasteiger partial charge is 0.465 e. The lowest BCUT2D eigenvalue weighted by atomic mass is 10.2. The van der Waals surface area contributed by atoms with Crippen LogP contribution in [0, 0.1) is 0 Å². The number of rotatable bonds is 3. The minimum absolute atomic E-state index is 0.120. The molecule has 2 heterocycles. The first-order valence-electron chi connectivity index (χ1n) is 5.93. The van der Waals surface area contributed by atoms with Gasteiger partial charge in [-0.25, -0.2) is 9.78 Å². The first-order chi connectivity index (χ1) is 9.61. The second-order valence-electron chi connectivity index (χ2n) is 3.88. The highest BCUT2D eigenvalue weighted by Crippen LogP contribution is 2.21. The third-order valence-electron chi connectivity index (χ3n) is 2.59. The van der Waals surface area contributed by atoms with E-state index >= 15 is 0 Å². The molecule has 2 rings (SSSR count). The SMILES string of the molecule is CCN(C(=O)O)C(=S)Nc1cccc(-c2ccsc2)n1. The van der Waals surface area contributed by atoms with Crippen molar-refractivity contribution >= 4 is 40.6 Å². The van der Waals surface area contributed by atoms with E-state index in [9.17, 15) is 4.79 Å². The molecule has 0 atom stereocenters. The molecule has 0 saturated heterocycles. The van der Waals surface area contributed by atoms with Gasteiger partial charge in [0.2, 0.25) is 0 Å². The minimum atomic E-state index is -1.08. The number of thiocarbonyl (C=S) groups is 1. The van der Waals surface area contributed by atoms with Gasteiger partial charge in [-0.3, -0.25) is 4.90 Å². The number of hydrogen-bond donors (Lipinski definition) is 2. The van der Waals surface area contributed by atoms with Crippen molar-refractivity contribution in [3.8, 4) is 11.3 Å². The van der Waals surface area contributed by atoms with Gasteiger partial charge in [0.05, 0.1) is 5.69 Å². The second kappa shape index (κ2) is 6.44. The smallest absolute Gasteiger partial charge is 0.413 e. The highest BCUT2D eigenvalue weighted by atomic mass is 32.1. The van der Waals surface area contributed by atoms with Gasteiger partial charge in [-0.2, -0.15) is 11.3 Å². The molecule has 7 heteroatoms. The summed E-state index contributed by atoms with van der Waals surface area (Å²) in [5, 5.41) is 15.9. The number of nitrogens with zero attached hydrogens (tertiary/aromatic N) is 2. The molecule has 2 aromatic heterocycles. The third kappa shape index (κ3) is 3.31. The van der Waals surface area contributed by atoms with Crippen LogP contribution in [0.1, 0.15) is 6.92 Å². The Balaban J connectivity index is 2.16. The number of thiophene rings is 1. The summed E-state index contributed by atoms with van der Waals surface area (Å²) >= 11 is 6.67. The fourth-order valence-corrected chi connectivity index (χ4v) is 2.58. The summed E-state index contributed by atoms with van der Waals surface area (Å²) in [5.74, 6) is 0.526. The van der Waals surface area contributed by atoms with E-state index in [0.29, 0.717) is 5.82 Å². The van der Waals surface area contributed by atoms with Crippen LogP contribution in [0.5, 0.6) is 0 Å². The van der Waals surface area contributed by atoms with E-state index in [1.807, 2.05) is 29.0 Å². The fraction of sp³-hybridized carbons (Fsp3) is 0.154. The van der Waals surface area contributed by atoms with Crippen molar-refractivity contribution < 1.29 is 9.90 Å². The van der Waals surface area contributed by atoms with E-state index in [2.05, 4.69) is 10.3 Å². The molecule has 0 radical (unpaired) electrons. The number of pyridine rings is 1. The Labute approximate surface area is 125 Å². The van der Waals surface area contributed by atoms with Crippen LogP contribution in [0.2, 0.25) is 0 Å². The van der Waals surface area contributed by atoms with Gasteiger partial charge in [-0.05, 0) is 42.7 Å². The average molecular weight is 307 g/mol. The van der Waals surface area contributed by atoms with Gasteiger partial charge in [0.1, 0.15) is 5.82 Å². The predicted octanol–water partition coefficient (Wildman–Crippen LogP) is 3.51. The second-order valence-corrected chi connectivity index (χ2v) is 5.04. The van der Waals surface area contributed by atoms with Crippen molar-refractivity contribution in [2.75, 3.05) is 11.9 Å². The van der Waals surface area contributed by atoms with Gasteiger partial charge in [0.15, 0.2) is 5.11 Å². The Hall–Kier alpha value is -1.99. The number of hydrogen-bond acceptors (Lipinski definition) is 4. The van der Waals surface area contributed by atoms with Crippen LogP contribution in [0.3, 0.4) is 0 Å². The molecule has 0 fully saturated rings. The van der Waals surface area contributed by atoms with Crippen LogP contribution >= 0.6 is 23.6 Å². The molecule has 1 amide bonds. The summed E-state index contributed by atoms with van der Waals surface area (Å²) in [6.07, 6.45) is -1.08. The summed E-state index contributed by atoms with van der Waals surface area (Å²) in [5.41, 5.74) is 1.84. The van der Waals surface area contributed by atoms with E-state index in [1.165, 1.54) is 0 Å². The fourth-order valence-electron chi connectivity index (χ4n) is 1.62. The quantitative estimate of drug-likeness (QED) is 0.850. The van der Waals surface area contributed by atoms with Gasteiger partial charge in [0, 0.05) is 17.5 Å². The molecule has 0 aliphatic carbocycles. The Morgan fingerprint density at radius 2 is 2.30 bits per heavy atom. The standard InChI is InChI=1S/C13H13N3O2S2/c1-2-16(13(17)18)12(19)15-11-5-3-4-10(14-11)9-6-7-20-8-9/h3-8H,2H2,1H3,(H,17,18)(H,14,15,19). The molecule has 0 saturated carbocycles. The summed E-state index contributed by atoms with van der Waals surface area (Å²) in [4.78, 5) is 16.5. The van der Waals surface area contributed by atoms with Gasteiger partial charge >= 0.3 is 6.09 Å². The molecular formula is C13H13N3O2S2. The van der Waals surface area contributed by atoms with E-state index in [0.717, 1.165) is 16.2 Å². The third-order valence-corrected chi connectivity index (χ3v) is 3.60. The molecule has 0 aliphatic rings. The Kier molecular flexibility index (Phi) is 4.65. The molecule has 5 nitrogen and oxygen atoms in total. The zero-order valence-electron chi connectivity index (χ0n) is 10.7. The monoisotopic (exact) mass is 307 g/mol. The Bertz CT molecular complexity index is 614. The Morgan fingerprint density at radius 1 is 1.50 bits per heavy atom. The van der Waals surface area contributed by atoms with E-state index in [1.54, 1.807) is 24.3 Å². The molecule has 2 aromatic rings. The molecule has 0 aliphatic heterocycles. The van der Waals surface area contributed by atoms with Gasteiger partial charge in [-0.15, -0.1) is 0 Å². The summed E-state index contributed by atoms with van der Waals surface area (Å²) in [7, 11) is 0. The summed E-state index contributed by atoms with van der Waals surface area (Å²) < 4.78 is 0. The van der Waals surface area contributed by atoms with Gasteiger partial charge in [-0.1, -0.05) is 6.07 Å². The molecule has 0 unspecified atom stereocenters. The number of nitrogens with one attached hydrogen (secondary N) is 1. The van der Waals surface area contributed by atoms with Crippen molar-refractivity contribution in [1.82, 2.24) is 9.88 Å². The first kappa shape index (κ1) is 14.4. The summed E-state index contributed by atoms with van der Waals surface area (Å²) in [6, 6.07) is 7.47. The lowest BCUT2D eigenvalue weighted by Gasteiger charge is -2.18. The molecule has 20 heavy (non-hydrogen) atoms. The maximum atomic E-state index is 11.0. The molecular weight excluding hydrogens is 294 g/mol. The van der Waals surface area contributed by atoms with Crippen molar-refractivity contribution in [3.05, 3.63) is 35.0 Å². The van der Waals surface area contributed by atoms with Crippen LogP contribution in [-0.4, -0.2) is 32.7 Å². The normalized spacial score (nSPS) is 10.1. The molecule has 0 spiro atoms. The lowest BCUT2D eigenvalue weighted by molar-refractivity contribution is 0.171. The first-order valence-corrected chi connectivity index (χ1v) is 7.28. The van der Waals surface area contributed by atoms with Gasteiger partial charge in [0.25, 0.3) is 0 Å². The zero-order chi connectivity index (χ0) is 14.5. The van der Waals surface area contributed by atoms with Gasteiger partial charge < -0.3 is 10.4 Å². The molecule has 2 N–H and O–H groups in total. The van der Waals surface area contributed by atoms with Crippen LogP contribution in [0.4, 0.5) is 10.6 Å². The van der Waals surface area contributed by atoms with Crippen LogP contribution < -0.4 is 5.32 Å². The van der Waals surface area contributed by atoms with Crippen molar-refractivity contribution in [3.63, 3.8) is 0 Å². The number of carboxylic acid groups (broad SMARTS) is 1. The summed E-state index contributed by atoms with van der Waals surface area (Å²) in [6.45, 7) is 2.00. The predicted molar refractivity (Wildman–Crippen MR) is 84.2 cm³/mol. The van der Waals surface area contributed by atoms with Crippen LogP contribution in [-0.2, 0) is 0 Å². The number of aromatic nitrogens is 1. The maximum absolute atomic E-state index is 11.0. The van der Waals surface area contributed by atoms with E-state index in [-0.39, 0.29) is 11.7 Å². The highest BCUT2D eigenvalue weighted by Gasteiger charge is 2.15. The average Bonchev–Trinajstić information content (AvgIpc) is 2.93. The molecule has 104 valence electrons. The van der Waals surface area contributed by atoms with Crippen molar-refractivity contribution in [1.29, 1.82) is 0 Å². The van der Waals surface area contributed by atoms with Crippen molar-refractivity contribution in [2.24, 2.45) is 0 Å². The lowest BCUT2D eigenvalue weighted by Crippen LogP contribution is -2.38. The van der Waals surface area contributed by atoms with Crippen LogP contribution in [0.25, 0.3) is 11.3 Å². The minimum Gasteiger partial charge on any atom is -0.465 e. The highest BCUT2D eigenvalue weighted by molar-refractivity contribution is 7.80. The maximum Gasteiger partial charge on any atom is 0.413 e. The van der Waals surface area contributed by atoms with E-state index < -0.39 is 6.09 Å². The van der Waals surface area contributed by atoms with Crippen LogP contribution in [0.15, 0.2) is 35.0 Å². The number of amides is 1. The number of carbonyl (C=O) groups is 1. The topological polar surface area (TPSA) is 65.5 Å². The molecule has 0 bridgehead atoms. The van der Waals surface area contributed by atoms with E-state index in [4.69, 9.17) is 17.3 Å². The number of anilines is 1.